The fourth-order valence-electron chi connectivity index (χ4n) is 3.06. The van der Waals surface area contributed by atoms with Gasteiger partial charge in [0.05, 0.1) is 12.1 Å². The lowest BCUT2D eigenvalue weighted by atomic mass is 10.2. The van der Waals surface area contributed by atoms with Gasteiger partial charge in [-0.2, -0.15) is 0 Å². The lowest BCUT2D eigenvalue weighted by Gasteiger charge is -2.17. The molecule has 0 radical (unpaired) electrons. The Morgan fingerprint density at radius 1 is 1.14 bits per heavy atom. The van der Waals surface area contributed by atoms with Gasteiger partial charge in [-0.15, -0.1) is 0 Å². The molecule has 1 amide bonds. The van der Waals surface area contributed by atoms with Crippen molar-refractivity contribution in [3.8, 4) is 22.9 Å². The molecule has 148 valence electrons. The van der Waals surface area contributed by atoms with Gasteiger partial charge in [-0.05, 0) is 55.9 Å². The van der Waals surface area contributed by atoms with Gasteiger partial charge in [0, 0.05) is 12.1 Å². The van der Waals surface area contributed by atoms with Gasteiger partial charge in [-0.1, -0.05) is 19.9 Å². The second kappa shape index (κ2) is 9.23. The number of primary amides is 1. The number of nitrogens with one attached hydrogen (secondary N) is 1. The highest BCUT2D eigenvalue weighted by atomic mass is 16.5. The van der Waals surface area contributed by atoms with E-state index in [1.165, 1.54) is 0 Å². The Labute approximate surface area is 164 Å². The molecule has 0 aliphatic heterocycles. The summed E-state index contributed by atoms with van der Waals surface area (Å²) >= 11 is 0. The molecule has 1 heterocycles. The number of H-pyrrole nitrogens is 1. The predicted molar refractivity (Wildman–Crippen MR) is 110 cm³/mol. The van der Waals surface area contributed by atoms with Crippen molar-refractivity contribution < 1.29 is 14.3 Å². The first-order chi connectivity index (χ1) is 13.6. The van der Waals surface area contributed by atoms with E-state index in [9.17, 15) is 4.79 Å². The quantitative estimate of drug-likeness (QED) is 0.549. The smallest absolute Gasteiger partial charge is 0.410 e. The van der Waals surface area contributed by atoms with E-state index in [0.29, 0.717) is 23.7 Å². The van der Waals surface area contributed by atoms with E-state index in [2.05, 4.69) is 28.7 Å². The molecule has 0 unspecified atom stereocenters. The molecule has 0 saturated heterocycles. The Hall–Kier alpha value is -3.06. The lowest BCUT2D eigenvalue weighted by molar-refractivity contribution is 0.211. The zero-order valence-corrected chi connectivity index (χ0v) is 16.3. The van der Waals surface area contributed by atoms with Crippen LogP contribution in [0.15, 0.2) is 42.5 Å². The summed E-state index contributed by atoms with van der Waals surface area (Å²) in [6.45, 7) is 8.20. The third kappa shape index (κ3) is 4.80. The van der Waals surface area contributed by atoms with Crippen molar-refractivity contribution in [1.29, 1.82) is 0 Å². The number of hydrogen-bond acceptors (Lipinski definition) is 5. The van der Waals surface area contributed by atoms with Crippen LogP contribution in [0.3, 0.4) is 0 Å². The Morgan fingerprint density at radius 3 is 2.57 bits per heavy atom. The summed E-state index contributed by atoms with van der Waals surface area (Å²) in [6.07, 6.45) is 0.134. The highest BCUT2D eigenvalue weighted by Crippen LogP contribution is 2.28. The summed E-state index contributed by atoms with van der Waals surface area (Å²) in [4.78, 5) is 21.2. The second-order valence-corrected chi connectivity index (χ2v) is 6.41. The molecule has 0 spiro atoms. The monoisotopic (exact) mass is 382 g/mol. The third-order valence-electron chi connectivity index (χ3n) is 4.60. The number of carbonyl (C=O) groups is 1. The Bertz CT molecular complexity index is 917. The van der Waals surface area contributed by atoms with Crippen molar-refractivity contribution >= 4 is 17.1 Å². The lowest BCUT2D eigenvalue weighted by Crippen LogP contribution is -2.25. The molecule has 28 heavy (non-hydrogen) atoms. The number of benzene rings is 2. The number of hydrogen-bond donors (Lipinski definition) is 2. The predicted octanol–water partition coefficient (Wildman–Crippen LogP) is 3.80. The standard InChI is InChI=1S/C21H26N4O3/c1-3-25(4-2)13-6-14-27-16-11-9-15(10-12-16)20-23-17-7-5-8-18(19(17)24-20)28-21(22)26/h5,7-12H,3-4,6,13-14H2,1-2H3,(H2,22,26)(H,23,24). The molecule has 3 N–H and O–H groups in total. The van der Waals surface area contributed by atoms with Crippen LogP contribution in [0.5, 0.6) is 11.5 Å². The van der Waals surface area contributed by atoms with E-state index in [1.54, 1.807) is 12.1 Å². The minimum atomic E-state index is -0.862. The molecular formula is C21H26N4O3. The van der Waals surface area contributed by atoms with Gasteiger partial charge in [0.25, 0.3) is 0 Å². The van der Waals surface area contributed by atoms with Crippen molar-refractivity contribution in [3.63, 3.8) is 0 Å². The third-order valence-corrected chi connectivity index (χ3v) is 4.60. The number of para-hydroxylation sites is 1. The van der Waals surface area contributed by atoms with E-state index in [4.69, 9.17) is 15.2 Å². The summed E-state index contributed by atoms with van der Waals surface area (Å²) in [5.74, 6) is 1.85. The van der Waals surface area contributed by atoms with Crippen molar-refractivity contribution in [2.45, 2.75) is 20.3 Å². The summed E-state index contributed by atoms with van der Waals surface area (Å²) in [5, 5.41) is 0. The number of carbonyl (C=O) groups excluding carboxylic acids is 1. The van der Waals surface area contributed by atoms with Crippen molar-refractivity contribution in [3.05, 3.63) is 42.5 Å². The number of nitrogens with zero attached hydrogens (tertiary/aromatic N) is 2. The van der Waals surface area contributed by atoms with E-state index in [-0.39, 0.29) is 0 Å². The normalized spacial score (nSPS) is 11.1. The Balaban J connectivity index is 1.65. The van der Waals surface area contributed by atoms with Gasteiger partial charge < -0.3 is 25.1 Å². The summed E-state index contributed by atoms with van der Waals surface area (Å²) in [6, 6.07) is 13.1. The Kier molecular flexibility index (Phi) is 6.49. The largest absolute Gasteiger partial charge is 0.494 e. The molecule has 0 bridgehead atoms. The fraction of sp³-hybridized carbons (Fsp3) is 0.333. The molecule has 3 rings (SSSR count). The van der Waals surface area contributed by atoms with Crippen LogP contribution in [-0.2, 0) is 0 Å². The summed E-state index contributed by atoms with van der Waals surface area (Å²) < 4.78 is 10.8. The van der Waals surface area contributed by atoms with Crippen LogP contribution in [0, 0.1) is 0 Å². The van der Waals surface area contributed by atoms with Crippen molar-refractivity contribution in [2.75, 3.05) is 26.2 Å². The molecule has 0 aliphatic carbocycles. The topological polar surface area (TPSA) is 93.5 Å². The van der Waals surface area contributed by atoms with Crippen LogP contribution in [-0.4, -0.2) is 47.2 Å². The molecule has 0 atom stereocenters. The van der Waals surface area contributed by atoms with E-state index in [0.717, 1.165) is 42.9 Å². The molecule has 3 aromatic rings. The maximum atomic E-state index is 11.1. The van der Waals surface area contributed by atoms with Crippen LogP contribution in [0.25, 0.3) is 22.4 Å². The summed E-state index contributed by atoms with van der Waals surface area (Å²) in [5.41, 5.74) is 7.36. The second-order valence-electron chi connectivity index (χ2n) is 6.41. The molecule has 0 fully saturated rings. The fourth-order valence-corrected chi connectivity index (χ4v) is 3.06. The maximum Gasteiger partial charge on any atom is 0.410 e. The van der Waals surface area contributed by atoms with Gasteiger partial charge in [-0.3, -0.25) is 0 Å². The molecule has 0 aliphatic rings. The minimum absolute atomic E-state index is 0.334. The average molecular weight is 382 g/mol. The number of ether oxygens (including phenoxy) is 2. The number of rotatable bonds is 9. The van der Waals surface area contributed by atoms with E-state index >= 15 is 0 Å². The minimum Gasteiger partial charge on any atom is -0.494 e. The van der Waals surface area contributed by atoms with E-state index in [1.807, 2.05) is 30.3 Å². The van der Waals surface area contributed by atoms with Crippen LogP contribution >= 0.6 is 0 Å². The van der Waals surface area contributed by atoms with Gasteiger partial charge in [0.1, 0.15) is 17.1 Å². The molecule has 2 aromatic carbocycles. The number of nitrogens with two attached hydrogens (primary N) is 1. The number of aromatic nitrogens is 2. The van der Waals surface area contributed by atoms with Crippen molar-refractivity contribution in [2.24, 2.45) is 5.73 Å². The van der Waals surface area contributed by atoms with Crippen LogP contribution in [0.2, 0.25) is 0 Å². The molecule has 7 heteroatoms. The summed E-state index contributed by atoms with van der Waals surface area (Å²) in [7, 11) is 0. The number of imidazole rings is 1. The average Bonchev–Trinajstić information content (AvgIpc) is 3.14. The zero-order valence-electron chi connectivity index (χ0n) is 16.3. The molecule has 1 aromatic heterocycles. The Morgan fingerprint density at radius 2 is 1.89 bits per heavy atom. The van der Waals surface area contributed by atoms with Gasteiger partial charge >= 0.3 is 6.09 Å². The van der Waals surface area contributed by atoms with Gasteiger partial charge in [0.2, 0.25) is 0 Å². The number of aromatic amines is 1. The molecule has 0 saturated carbocycles. The van der Waals surface area contributed by atoms with Crippen molar-refractivity contribution in [1.82, 2.24) is 14.9 Å². The number of fused-ring (bicyclic) bond motifs is 1. The van der Waals surface area contributed by atoms with Gasteiger partial charge in [0.15, 0.2) is 5.75 Å². The highest BCUT2D eigenvalue weighted by molar-refractivity contribution is 5.87. The molecular weight excluding hydrogens is 356 g/mol. The maximum absolute atomic E-state index is 11.1. The first-order valence-corrected chi connectivity index (χ1v) is 9.52. The van der Waals surface area contributed by atoms with E-state index < -0.39 is 6.09 Å². The number of amides is 1. The van der Waals surface area contributed by atoms with Gasteiger partial charge in [-0.25, -0.2) is 9.78 Å². The van der Waals surface area contributed by atoms with Crippen LogP contribution < -0.4 is 15.2 Å². The highest BCUT2D eigenvalue weighted by Gasteiger charge is 2.11. The first kappa shape index (κ1) is 19.7. The molecule has 7 nitrogen and oxygen atoms in total. The first-order valence-electron chi connectivity index (χ1n) is 9.52. The van der Waals surface area contributed by atoms with Crippen LogP contribution in [0.1, 0.15) is 20.3 Å². The van der Waals surface area contributed by atoms with Crippen LogP contribution in [0.4, 0.5) is 4.79 Å². The SMILES string of the molecule is CCN(CC)CCCOc1ccc(-c2nc3c(OC(N)=O)cccc3[nH]2)cc1. The zero-order chi connectivity index (χ0) is 19.9.